The Balaban J connectivity index is 2.15. The molecule has 3 nitrogen and oxygen atoms in total. The summed E-state index contributed by atoms with van der Waals surface area (Å²) in [6, 6.07) is 8.48. The lowest BCUT2D eigenvalue weighted by atomic mass is 10.00. The molecule has 16 heavy (non-hydrogen) atoms. The van der Waals surface area contributed by atoms with Crippen LogP contribution in [0.2, 0.25) is 0 Å². The summed E-state index contributed by atoms with van der Waals surface area (Å²) in [5.41, 5.74) is 2.71. The fraction of sp³-hybridized carbons (Fsp3) is 0.538. The zero-order chi connectivity index (χ0) is 11.4. The molecule has 0 saturated heterocycles. The molecule has 3 heteroatoms. The third-order valence-corrected chi connectivity index (χ3v) is 2.81. The summed E-state index contributed by atoms with van der Waals surface area (Å²) in [6.45, 7) is 6.24. The van der Waals surface area contributed by atoms with Crippen LogP contribution in [0, 0.1) is 0 Å². The van der Waals surface area contributed by atoms with Gasteiger partial charge in [0.2, 0.25) is 0 Å². The van der Waals surface area contributed by atoms with Crippen LogP contribution in [0.1, 0.15) is 25.0 Å². The summed E-state index contributed by atoms with van der Waals surface area (Å²) in [5, 5.41) is 1.95. The van der Waals surface area contributed by atoms with Crippen molar-refractivity contribution in [1.82, 2.24) is 5.06 Å². The van der Waals surface area contributed by atoms with Crippen LogP contribution in [0.15, 0.2) is 24.3 Å². The van der Waals surface area contributed by atoms with Gasteiger partial charge in [0.1, 0.15) is 6.23 Å². The first-order valence-corrected chi connectivity index (χ1v) is 5.93. The summed E-state index contributed by atoms with van der Waals surface area (Å²) in [6.07, 6.45) is 0.962. The summed E-state index contributed by atoms with van der Waals surface area (Å²) < 4.78 is 5.71. The molecule has 0 N–H and O–H groups in total. The number of hydroxylamine groups is 2. The highest BCUT2D eigenvalue weighted by molar-refractivity contribution is 5.29. The second-order valence-electron chi connectivity index (χ2n) is 3.88. The van der Waals surface area contributed by atoms with Crippen molar-refractivity contribution >= 4 is 0 Å². The predicted molar refractivity (Wildman–Crippen MR) is 62.7 cm³/mol. The third kappa shape index (κ3) is 2.43. The van der Waals surface area contributed by atoms with Crippen molar-refractivity contribution in [3.63, 3.8) is 0 Å². The molecular formula is C13H19NO2. The number of benzene rings is 1. The van der Waals surface area contributed by atoms with Gasteiger partial charge < -0.3 is 4.74 Å². The van der Waals surface area contributed by atoms with E-state index in [-0.39, 0.29) is 6.23 Å². The summed E-state index contributed by atoms with van der Waals surface area (Å²) in [5.74, 6) is 0. The van der Waals surface area contributed by atoms with Crippen LogP contribution < -0.4 is 0 Å². The largest absolute Gasteiger partial charge is 0.361 e. The van der Waals surface area contributed by atoms with Crippen molar-refractivity contribution in [3.05, 3.63) is 35.4 Å². The molecule has 0 spiro atoms. The van der Waals surface area contributed by atoms with Crippen LogP contribution in [0.25, 0.3) is 0 Å². The molecule has 0 aromatic heterocycles. The molecule has 88 valence electrons. The molecule has 2 rings (SSSR count). The molecule has 0 amide bonds. The van der Waals surface area contributed by atoms with Gasteiger partial charge in [-0.15, -0.1) is 0 Å². The second kappa shape index (κ2) is 5.43. The number of ether oxygens (including phenoxy) is 1. The van der Waals surface area contributed by atoms with Crippen LogP contribution in [-0.4, -0.2) is 24.5 Å². The molecule has 1 aliphatic heterocycles. The van der Waals surface area contributed by atoms with Crippen LogP contribution in [0.5, 0.6) is 0 Å². The maximum Gasteiger partial charge on any atom is 0.137 e. The van der Waals surface area contributed by atoms with Crippen LogP contribution in [0.4, 0.5) is 0 Å². The minimum Gasteiger partial charge on any atom is -0.361 e. The van der Waals surface area contributed by atoms with Gasteiger partial charge in [-0.1, -0.05) is 24.3 Å². The van der Waals surface area contributed by atoms with Gasteiger partial charge in [0.05, 0.1) is 13.2 Å². The molecule has 0 radical (unpaired) electrons. The minimum absolute atomic E-state index is 0.0554. The van der Waals surface area contributed by atoms with E-state index in [9.17, 15) is 0 Å². The second-order valence-corrected chi connectivity index (χ2v) is 3.88. The highest BCUT2D eigenvalue weighted by Gasteiger charge is 2.26. The lowest BCUT2D eigenvalue weighted by Crippen LogP contribution is -2.42. The molecule has 1 unspecified atom stereocenters. The molecule has 0 saturated carbocycles. The van der Waals surface area contributed by atoms with E-state index < -0.39 is 0 Å². The Bertz CT molecular complexity index is 307. The highest BCUT2D eigenvalue weighted by atomic mass is 16.7. The molecule has 1 heterocycles. The van der Waals surface area contributed by atoms with Crippen molar-refractivity contribution in [1.29, 1.82) is 0 Å². The maximum absolute atomic E-state index is 5.71. The van der Waals surface area contributed by atoms with E-state index in [4.69, 9.17) is 9.57 Å². The molecular weight excluding hydrogens is 202 g/mol. The van der Waals surface area contributed by atoms with Crippen LogP contribution in [0.3, 0.4) is 0 Å². The Morgan fingerprint density at radius 1 is 1.19 bits per heavy atom. The van der Waals surface area contributed by atoms with Crippen molar-refractivity contribution in [3.8, 4) is 0 Å². The fourth-order valence-electron chi connectivity index (χ4n) is 2.10. The Morgan fingerprint density at radius 2 is 1.94 bits per heavy atom. The number of fused-ring (bicyclic) bond motifs is 1. The quantitative estimate of drug-likeness (QED) is 0.779. The van der Waals surface area contributed by atoms with Gasteiger partial charge in [-0.3, -0.25) is 4.84 Å². The first kappa shape index (κ1) is 11.6. The van der Waals surface area contributed by atoms with Gasteiger partial charge in [-0.2, -0.15) is 5.06 Å². The molecule has 0 bridgehead atoms. The topological polar surface area (TPSA) is 21.7 Å². The van der Waals surface area contributed by atoms with Crippen molar-refractivity contribution < 1.29 is 9.57 Å². The van der Waals surface area contributed by atoms with E-state index >= 15 is 0 Å². The van der Waals surface area contributed by atoms with E-state index in [1.165, 1.54) is 11.1 Å². The smallest absolute Gasteiger partial charge is 0.137 e. The third-order valence-electron chi connectivity index (χ3n) is 2.81. The predicted octanol–water partition coefficient (Wildman–Crippen LogP) is 2.36. The van der Waals surface area contributed by atoms with Crippen molar-refractivity contribution in [2.75, 3.05) is 13.2 Å². The Morgan fingerprint density at radius 3 is 2.62 bits per heavy atom. The molecule has 1 aromatic carbocycles. The van der Waals surface area contributed by atoms with Crippen LogP contribution >= 0.6 is 0 Å². The van der Waals surface area contributed by atoms with Gasteiger partial charge in [0.25, 0.3) is 0 Å². The molecule has 0 fully saturated rings. The summed E-state index contributed by atoms with van der Waals surface area (Å²) >= 11 is 0. The summed E-state index contributed by atoms with van der Waals surface area (Å²) in [7, 11) is 0. The standard InChI is InChI=1S/C13H19NO2/c1-3-15-13-9-11-7-5-6-8-12(11)10-14(13)16-4-2/h5-8,13H,3-4,9-10H2,1-2H3. The van der Waals surface area contributed by atoms with Gasteiger partial charge in [0.15, 0.2) is 0 Å². The zero-order valence-electron chi connectivity index (χ0n) is 9.98. The van der Waals surface area contributed by atoms with Gasteiger partial charge in [0, 0.05) is 13.0 Å². The fourth-order valence-corrected chi connectivity index (χ4v) is 2.10. The average molecular weight is 221 g/mol. The lowest BCUT2D eigenvalue weighted by molar-refractivity contribution is -0.260. The van der Waals surface area contributed by atoms with Gasteiger partial charge in [-0.05, 0) is 25.0 Å². The first-order chi connectivity index (χ1) is 7.85. The van der Waals surface area contributed by atoms with Crippen molar-refractivity contribution in [2.24, 2.45) is 0 Å². The monoisotopic (exact) mass is 221 g/mol. The minimum atomic E-state index is 0.0554. The normalized spacial score (nSPS) is 20.8. The van der Waals surface area contributed by atoms with E-state index in [0.717, 1.165) is 19.6 Å². The van der Waals surface area contributed by atoms with Crippen molar-refractivity contribution in [2.45, 2.75) is 33.0 Å². The average Bonchev–Trinajstić information content (AvgIpc) is 2.30. The molecule has 1 aromatic rings. The molecule has 0 aliphatic carbocycles. The first-order valence-electron chi connectivity index (χ1n) is 5.93. The number of rotatable bonds is 4. The Labute approximate surface area is 96.9 Å². The zero-order valence-corrected chi connectivity index (χ0v) is 9.98. The van der Waals surface area contributed by atoms with E-state index in [0.29, 0.717) is 6.61 Å². The Kier molecular flexibility index (Phi) is 3.93. The molecule has 1 aliphatic rings. The van der Waals surface area contributed by atoms with E-state index in [1.807, 2.05) is 18.9 Å². The van der Waals surface area contributed by atoms with Crippen LogP contribution in [-0.2, 0) is 22.5 Å². The maximum atomic E-state index is 5.71. The Hall–Kier alpha value is -0.900. The van der Waals surface area contributed by atoms with E-state index in [1.54, 1.807) is 0 Å². The summed E-state index contributed by atoms with van der Waals surface area (Å²) in [4.78, 5) is 5.61. The highest BCUT2D eigenvalue weighted by Crippen LogP contribution is 2.23. The van der Waals surface area contributed by atoms with Gasteiger partial charge in [-0.25, -0.2) is 0 Å². The number of hydrogen-bond acceptors (Lipinski definition) is 3. The van der Waals surface area contributed by atoms with E-state index in [2.05, 4.69) is 24.3 Å². The number of hydrogen-bond donors (Lipinski definition) is 0. The number of nitrogens with zero attached hydrogens (tertiary/aromatic N) is 1. The SMILES string of the molecule is CCOC1Cc2ccccc2CN1OCC. The molecule has 1 atom stereocenters. The lowest BCUT2D eigenvalue weighted by Gasteiger charge is -2.35. The van der Waals surface area contributed by atoms with Gasteiger partial charge >= 0.3 is 0 Å².